The molecule has 0 N–H and O–H groups in total. The molecule has 4 heteroatoms. The highest BCUT2D eigenvalue weighted by Gasteiger charge is 2.22. The number of amides is 1. The van der Waals surface area contributed by atoms with Crippen LogP contribution in [-0.2, 0) is 11.3 Å². The summed E-state index contributed by atoms with van der Waals surface area (Å²) in [5, 5.41) is 0. The first-order valence-corrected chi connectivity index (χ1v) is 9.80. The van der Waals surface area contributed by atoms with E-state index < -0.39 is 5.92 Å². The molecule has 0 aliphatic heterocycles. The third kappa shape index (κ3) is 3.53. The molecule has 1 aromatic heterocycles. The zero-order valence-corrected chi connectivity index (χ0v) is 16.0. The number of thiazole rings is 1. The Labute approximate surface area is 167 Å². The lowest BCUT2D eigenvalue weighted by Crippen LogP contribution is -2.20. The lowest BCUT2D eigenvalue weighted by atomic mass is 9.91. The van der Waals surface area contributed by atoms with Gasteiger partial charge in [-0.3, -0.25) is 4.79 Å². The number of rotatable bonds is 4. The van der Waals surface area contributed by atoms with Gasteiger partial charge in [-0.2, -0.15) is 4.99 Å². The van der Waals surface area contributed by atoms with Gasteiger partial charge in [-0.05, 0) is 23.3 Å². The minimum atomic E-state index is -0.452. The van der Waals surface area contributed by atoms with E-state index >= 15 is 0 Å². The highest BCUT2D eigenvalue weighted by molar-refractivity contribution is 7.16. The number of benzene rings is 3. The summed E-state index contributed by atoms with van der Waals surface area (Å²) in [6.07, 6.45) is 5.56. The van der Waals surface area contributed by atoms with Crippen LogP contribution < -0.4 is 4.80 Å². The van der Waals surface area contributed by atoms with Gasteiger partial charge in [-0.25, -0.2) is 0 Å². The standard InChI is InChI=1S/C24H18N2OS/c1-2-17-26-20-15-9-10-16-21(20)28-24(26)25-23(27)22(18-11-5-3-6-12-18)19-13-7-4-8-14-19/h1,3-16,22H,17H2. The van der Waals surface area contributed by atoms with Gasteiger partial charge in [-0.1, -0.05) is 90.1 Å². The van der Waals surface area contributed by atoms with Gasteiger partial charge >= 0.3 is 0 Å². The molecule has 0 aliphatic carbocycles. The van der Waals surface area contributed by atoms with Crippen LogP contribution in [0.4, 0.5) is 0 Å². The molecule has 0 spiro atoms. The van der Waals surface area contributed by atoms with E-state index in [9.17, 15) is 4.79 Å². The average molecular weight is 382 g/mol. The summed E-state index contributed by atoms with van der Waals surface area (Å²) in [4.78, 5) is 18.5. The third-order valence-corrected chi connectivity index (χ3v) is 5.62. The molecule has 1 amide bonds. The van der Waals surface area contributed by atoms with Crippen molar-refractivity contribution in [1.82, 2.24) is 4.57 Å². The summed E-state index contributed by atoms with van der Waals surface area (Å²) in [6.45, 7) is 0.372. The van der Waals surface area contributed by atoms with Gasteiger partial charge in [0.25, 0.3) is 5.91 Å². The normalized spacial score (nSPS) is 11.6. The molecule has 0 unspecified atom stereocenters. The summed E-state index contributed by atoms with van der Waals surface area (Å²) < 4.78 is 2.98. The molecule has 0 bridgehead atoms. The SMILES string of the molecule is C#CCn1c(=NC(=O)C(c2ccccc2)c2ccccc2)sc2ccccc21. The van der Waals surface area contributed by atoms with Gasteiger partial charge in [-0.15, -0.1) is 6.42 Å². The smallest absolute Gasteiger partial charge is 0.260 e. The Morgan fingerprint density at radius 3 is 2.11 bits per heavy atom. The fourth-order valence-corrected chi connectivity index (χ4v) is 4.31. The van der Waals surface area contributed by atoms with E-state index in [1.54, 1.807) is 0 Å². The predicted molar refractivity (Wildman–Crippen MR) is 114 cm³/mol. The maximum absolute atomic E-state index is 13.3. The summed E-state index contributed by atoms with van der Waals surface area (Å²) in [5.74, 6) is 2.02. The highest BCUT2D eigenvalue weighted by Crippen LogP contribution is 2.26. The predicted octanol–water partition coefficient (Wildman–Crippen LogP) is 4.60. The maximum Gasteiger partial charge on any atom is 0.260 e. The number of hydrogen-bond acceptors (Lipinski definition) is 2. The number of carbonyl (C=O) groups is 1. The first-order valence-electron chi connectivity index (χ1n) is 8.98. The van der Waals surface area contributed by atoms with Gasteiger partial charge < -0.3 is 4.57 Å². The van der Waals surface area contributed by atoms with Crippen molar-refractivity contribution in [3.63, 3.8) is 0 Å². The average Bonchev–Trinajstić information content (AvgIpc) is 3.07. The second-order valence-electron chi connectivity index (χ2n) is 6.35. The molecule has 0 saturated carbocycles. The van der Waals surface area contributed by atoms with E-state index in [4.69, 9.17) is 6.42 Å². The van der Waals surface area contributed by atoms with Gasteiger partial charge in [0.15, 0.2) is 4.80 Å². The van der Waals surface area contributed by atoms with Gasteiger partial charge in [0.1, 0.15) is 0 Å². The van der Waals surface area contributed by atoms with Crippen LogP contribution in [0.3, 0.4) is 0 Å². The van der Waals surface area contributed by atoms with E-state index in [2.05, 4.69) is 10.9 Å². The molecular formula is C24H18N2OS. The number of aromatic nitrogens is 1. The third-order valence-electron chi connectivity index (χ3n) is 4.56. The molecule has 4 rings (SSSR count). The zero-order chi connectivity index (χ0) is 19.3. The zero-order valence-electron chi connectivity index (χ0n) is 15.2. The topological polar surface area (TPSA) is 34.4 Å². The van der Waals surface area contributed by atoms with Crippen LogP contribution in [0.2, 0.25) is 0 Å². The van der Waals surface area contributed by atoms with E-state index in [0.29, 0.717) is 11.3 Å². The van der Waals surface area contributed by atoms with Gasteiger partial charge in [0.2, 0.25) is 0 Å². The van der Waals surface area contributed by atoms with Crippen molar-refractivity contribution in [3.8, 4) is 12.3 Å². The molecule has 3 aromatic carbocycles. The monoisotopic (exact) mass is 382 g/mol. The minimum absolute atomic E-state index is 0.199. The Morgan fingerprint density at radius 1 is 0.929 bits per heavy atom. The van der Waals surface area contributed by atoms with Crippen LogP contribution in [-0.4, -0.2) is 10.5 Å². The summed E-state index contributed by atoms with van der Waals surface area (Å²) >= 11 is 1.48. The van der Waals surface area contributed by atoms with Crippen LogP contribution in [0.15, 0.2) is 89.9 Å². The van der Waals surface area contributed by atoms with Crippen LogP contribution >= 0.6 is 11.3 Å². The van der Waals surface area contributed by atoms with Crippen molar-refractivity contribution in [3.05, 3.63) is 101 Å². The molecule has 0 saturated heterocycles. The van der Waals surface area contributed by atoms with Gasteiger partial charge in [0.05, 0.1) is 22.7 Å². The second kappa shape index (κ2) is 8.08. The fourth-order valence-electron chi connectivity index (χ4n) is 3.28. The van der Waals surface area contributed by atoms with Crippen molar-refractivity contribution >= 4 is 27.5 Å². The fraction of sp³-hybridized carbons (Fsp3) is 0.0833. The summed E-state index contributed by atoms with van der Waals surface area (Å²) in [7, 11) is 0. The van der Waals surface area contributed by atoms with E-state index in [-0.39, 0.29) is 5.91 Å². The summed E-state index contributed by atoms with van der Waals surface area (Å²) in [5.41, 5.74) is 2.84. The number of carbonyl (C=O) groups excluding carboxylic acids is 1. The van der Waals surface area contributed by atoms with E-state index in [1.165, 1.54) is 11.3 Å². The van der Waals surface area contributed by atoms with Crippen LogP contribution in [0.5, 0.6) is 0 Å². The molecular weight excluding hydrogens is 364 g/mol. The molecule has 1 heterocycles. The Morgan fingerprint density at radius 2 is 1.50 bits per heavy atom. The molecule has 0 radical (unpaired) electrons. The molecule has 28 heavy (non-hydrogen) atoms. The van der Waals surface area contributed by atoms with Crippen molar-refractivity contribution < 1.29 is 4.79 Å². The first kappa shape index (κ1) is 18.0. The second-order valence-corrected chi connectivity index (χ2v) is 7.36. The number of terminal acetylenes is 1. The minimum Gasteiger partial charge on any atom is -0.305 e. The van der Waals surface area contributed by atoms with Crippen molar-refractivity contribution in [2.45, 2.75) is 12.5 Å². The Hall–Kier alpha value is -3.42. The lowest BCUT2D eigenvalue weighted by Gasteiger charge is -2.14. The van der Waals surface area contributed by atoms with Crippen molar-refractivity contribution in [1.29, 1.82) is 0 Å². The largest absolute Gasteiger partial charge is 0.305 e. The van der Waals surface area contributed by atoms with Crippen molar-refractivity contribution in [2.75, 3.05) is 0 Å². The van der Waals surface area contributed by atoms with E-state index in [0.717, 1.165) is 21.3 Å². The quantitative estimate of drug-likeness (QED) is 0.475. The van der Waals surface area contributed by atoms with Crippen LogP contribution in [0, 0.1) is 12.3 Å². The Kier molecular flexibility index (Phi) is 5.18. The number of para-hydroxylation sites is 1. The molecule has 3 nitrogen and oxygen atoms in total. The van der Waals surface area contributed by atoms with Crippen molar-refractivity contribution in [2.24, 2.45) is 4.99 Å². The molecule has 0 aliphatic rings. The lowest BCUT2D eigenvalue weighted by molar-refractivity contribution is -0.118. The van der Waals surface area contributed by atoms with E-state index in [1.807, 2.05) is 89.5 Å². The molecule has 0 atom stereocenters. The molecule has 136 valence electrons. The number of hydrogen-bond donors (Lipinski definition) is 0. The first-order chi connectivity index (χ1) is 13.8. The highest BCUT2D eigenvalue weighted by atomic mass is 32.1. The number of nitrogens with zero attached hydrogens (tertiary/aromatic N) is 2. The number of fused-ring (bicyclic) bond motifs is 1. The Bertz CT molecular complexity index is 1170. The Balaban J connectivity index is 1.86. The maximum atomic E-state index is 13.3. The molecule has 4 aromatic rings. The summed E-state index contributed by atoms with van der Waals surface area (Å²) in [6, 6.07) is 27.5. The molecule has 0 fully saturated rings. The van der Waals surface area contributed by atoms with Crippen LogP contribution in [0.1, 0.15) is 17.0 Å². The van der Waals surface area contributed by atoms with Gasteiger partial charge in [0, 0.05) is 0 Å². The van der Waals surface area contributed by atoms with Crippen LogP contribution in [0.25, 0.3) is 10.2 Å².